The Morgan fingerprint density at radius 3 is 2.54 bits per heavy atom. The minimum atomic E-state index is -0.183. The van der Waals surface area contributed by atoms with Crippen molar-refractivity contribution in [1.82, 2.24) is 0 Å². The van der Waals surface area contributed by atoms with Crippen LogP contribution in [-0.2, 0) is 6.42 Å². The second-order valence-corrected chi connectivity index (χ2v) is 3.00. The Balaban J connectivity index is 3.13. The fraction of sp³-hybridized carbons (Fsp3) is 0.455. The highest BCUT2D eigenvalue weighted by Gasteiger charge is 2.07. The first kappa shape index (κ1) is 10.0. The van der Waals surface area contributed by atoms with E-state index in [-0.39, 0.29) is 5.82 Å². The molecule has 0 spiro atoms. The van der Waals surface area contributed by atoms with Crippen LogP contribution in [0.25, 0.3) is 0 Å². The number of hydrogen-bond donors (Lipinski definition) is 0. The Kier molecular flexibility index (Phi) is 3.29. The molecule has 0 amide bonds. The van der Waals surface area contributed by atoms with Crippen molar-refractivity contribution >= 4 is 0 Å². The standard InChI is InChI=1S/C11H15FO/c1-4-9-7-10(12)6-8(3)11(9)13-5-2/h6-7H,4-5H2,1-3H3. The summed E-state index contributed by atoms with van der Waals surface area (Å²) in [5.74, 6) is 0.657. The molecular weight excluding hydrogens is 167 g/mol. The van der Waals surface area contributed by atoms with Gasteiger partial charge in [-0.2, -0.15) is 0 Å². The van der Waals surface area contributed by atoms with Crippen LogP contribution in [0, 0.1) is 12.7 Å². The molecule has 0 aromatic heterocycles. The van der Waals surface area contributed by atoms with Gasteiger partial charge in [0.25, 0.3) is 0 Å². The van der Waals surface area contributed by atoms with E-state index in [4.69, 9.17) is 4.74 Å². The third kappa shape index (κ3) is 2.20. The summed E-state index contributed by atoms with van der Waals surface area (Å²) in [6.45, 7) is 6.42. The Labute approximate surface area is 78.5 Å². The van der Waals surface area contributed by atoms with Crippen LogP contribution < -0.4 is 4.74 Å². The van der Waals surface area contributed by atoms with Crippen LogP contribution in [0.2, 0.25) is 0 Å². The summed E-state index contributed by atoms with van der Waals surface area (Å²) < 4.78 is 18.4. The highest BCUT2D eigenvalue weighted by Crippen LogP contribution is 2.25. The van der Waals surface area contributed by atoms with Gasteiger partial charge < -0.3 is 4.74 Å². The molecule has 0 saturated heterocycles. The minimum absolute atomic E-state index is 0.183. The maximum absolute atomic E-state index is 13.0. The second kappa shape index (κ2) is 4.26. The molecule has 1 rings (SSSR count). The molecule has 0 unspecified atom stereocenters. The predicted octanol–water partition coefficient (Wildman–Crippen LogP) is 3.10. The van der Waals surface area contributed by atoms with E-state index in [0.717, 1.165) is 23.3 Å². The first-order valence-electron chi connectivity index (χ1n) is 4.60. The molecule has 0 aliphatic carbocycles. The van der Waals surface area contributed by atoms with Gasteiger partial charge in [0.1, 0.15) is 11.6 Å². The summed E-state index contributed by atoms with van der Waals surface area (Å²) in [7, 11) is 0. The summed E-state index contributed by atoms with van der Waals surface area (Å²) in [4.78, 5) is 0. The molecule has 1 aromatic carbocycles. The monoisotopic (exact) mass is 182 g/mol. The van der Waals surface area contributed by atoms with Gasteiger partial charge in [-0.1, -0.05) is 6.92 Å². The van der Waals surface area contributed by atoms with E-state index in [0.29, 0.717) is 6.61 Å². The summed E-state index contributed by atoms with van der Waals surface area (Å²) in [6, 6.07) is 3.04. The maximum Gasteiger partial charge on any atom is 0.125 e. The molecular formula is C11H15FO. The molecule has 0 bridgehead atoms. The minimum Gasteiger partial charge on any atom is -0.493 e. The molecule has 1 aromatic rings. The number of halogens is 1. The van der Waals surface area contributed by atoms with Gasteiger partial charge in [0, 0.05) is 0 Å². The molecule has 0 N–H and O–H groups in total. The topological polar surface area (TPSA) is 9.23 Å². The van der Waals surface area contributed by atoms with Crippen LogP contribution in [0.5, 0.6) is 5.75 Å². The Hall–Kier alpha value is -1.05. The largest absolute Gasteiger partial charge is 0.493 e. The smallest absolute Gasteiger partial charge is 0.125 e. The Morgan fingerprint density at radius 2 is 2.00 bits per heavy atom. The molecule has 2 heteroatoms. The second-order valence-electron chi connectivity index (χ2n) is 3.00. The normalized spacial score (nSPS) is 10.2. The first-order valence-corrected chi connectivity index (χ1v) is 4.60. The molecule has 72 valence electrons. The molecule has 1 nitrogen and oxygen atoms in total. The zero-order valence-electron chi connectivity index (χ0n) is 8.36. The van der Waals surface area contributed by atoms with Crippen LogP contribution in [0.15, 0.2) is 12.1 Å². The predicted molar refractivity (Wildman–Crippen MR) is 51.7 cm³/mol. The van der Waals surface area contributed by atoms with E-state index < -0.39 is 0 Å². The van der Waals surface area contributed by atoms with Crippen LogP contribution >= 0.6 is 0 Å². The molecule has 0 aliphatic heterocycles. The quantitative estimate of drug-likeness (QED) is 0.698. The summed E-state index contributed by atoms with van der Waals surface area (Å²) in [5.41, 5.74) is 1.82. The van der Waals surface area contributed by atoms with Gasteiger partial charge >= 0.3 is 0 Å². The van der Waals surface area contributed by atoms with Gasteiger partial charge in [-0.3, -0.25) is 0 Å². The molecule has 0 fully saturated rings. The molecule has 0 aliphatic rings. The fourth-order valence-corrected chi connectivity index (χ4v) is 1.41. The average molecular weight is 182 g/mol. The molecule has 0 heterocycles. The van der Waals surface area contributed by atoms with E-state index in [1.165, 1.54) is 12.1 Å². The third-order valence-electron chi connectivity index (χ3n) is 1.99. The Morgan fingerprint density at radius 1 is 1.31 bits per heavy atom. The van der Waals surface area contributed by atoms with Gasteiger partial charge in [-0.05, 0) is 43.5 Å². The van der Waals surface area contributed by atoms with Crippen LogP contribution in [0.4, 0.5) is 4.39 Å². The number of rotatable bonds is 3. The lowest BCUT2D eigenvalue weighted by Crippen LogP contribution is -1.99. The fourth-order valence-electron chi connectivity index (χ4n) is 1.41. The van der Waals surface area contributed by atoms with Gasteiger partial charge in [-0.15, -0.1) is 0 Å². The lowest BCUT2D eigenvalue weighted by atomic mass is 10.1. The summed E-state index contributed by atoms with van der Waals surface area (Å²) in [5, 5.41) is 0. The van der Waals surface area contributed by atoms with E-state index in [9.17, 15) is 4.39 Å². The number of benzene rings is 1. The zero-order valence-corrected chi connectivity index (χ0v) is 8.36. The van der Waals surface area contributed by atoms with Gasteiger partial charge in [0.05, 0.1) is 6.61 Å². The van der Waals surface area contributed by atoms with E-state index in [1.54, 1.807) is 0 Å². The van der Waals surface area contributed by atoms with Crippen molar-refractivity contribution in [3.05, 3.63) is 29.1 Å². The first-order chi connectivity index (χ1) is 6.19. The zero-order chi connectivity index (χ0) is 9.84. The van der Waals surface area contributed by atoms with Crippen molar-refractivity contribution < 1.29 is 9.13 Å². The summed E-state index contributed by atoms with van der Waals surface area (Å²) >= 11 is 0. The van der Waals surface area contributed by atoms with Crippen molar-refractivity contribution in [1.29, 1.82) is 0 Å². The number of ether oxygens (including phenoxy) is 1. The van der Waals surface area contributed by atoms with Gasteiger partial charge in [0.2, 0.25) is 0 Å². The highest BCUT2D eigenvalue weighted by molar-refractivity contribution is 5.41. The average Bonchev–Trinajstić information content (AvgIpc) is 2.09. The van der Waals surface area contributed by atoms with Crippen molar-refractivity contribution in [2.75, 3.05) is 6.61 Å². The van der Waals surface area contributed by atoms with Gasteiger partial charge in [0.15, 0.2) is 0 Å². The molecule has 13 heavy (non-hydrogen) atoms. The van der Waals surface area contributed by atoms with E-state index in [1.807, 2.05) is 20.8 Å². The van der Waals surface area contributed by atoms with E-state index in [2.05, 4.69) is 0 Å². The third-order valence-corrected chi connectivity index (χ3v) is 1.99. The molecule has 0 saturated carbocycles. The van der Waals surface area contributed by atoms with Crippen LogP contribution in [0.1, 0.15) is 25.0 Å². The van der Waals surface area contributed by atoms with Crippen LogP contribution in [-0.4, -0.2) is 6.61 Å². The number of hydrogen-bond acceptors (Lipinski definition) is 1. The maximum atomic E-state index is 13.0. The van der Waals surface area contributed by atoms with E-state index >= 15 is 0 Å². The van der Waals surface area contributed by atoms with Crippen molar-refractivity contribution in [3.63, 3.8) is 0 Å². The molecule has 0 atom stereocenters. The van der Waals surface area contributed by atoms with Crippen molar-refractivity contribution in [3.8, 4) is 5.75 Å². The lowest BCUT2D eigenvalue weighted by molar-refractivity contribution is 0.333. The van der Waals surface area contributed by atoms with Crippen molar-refractivity contribution in [2.24, 2.45) is 0 Å². The Bertz CT molecular complexity index is 294. The van der Waals surface area contributed by atoms with Crippen molar-refractivity contribution in [2.45, 2.75) is 27.2 Å². The summed E-state index contributed by atoms with van der Waals surface area (Å²) in [6.07, 6.45) is 0.800. The highest BCUT2D eigenvalue weighted by atomic mass is 19.1. The van der Waals surface area contributed by atoms with Gasteiger partial charge in [-0.25, -0.2) is 4.39 Å². The van der Waals surface area contributed by atoms with Crippen LogP contribution in [0.3, 0.4) is 0 Å². The molecule has 0 radical (unpaired) electrons. The number of aryl methyl sites for hydroxylation is 2. The lowest BCUT2D eigenvalue weighted by Gasteiger charge is -2.11. The SMILES string of the molecule is CCOc1c(C)cc(F)cc1CC.